The predicted octanol–water partition coefficient (Wildman–Crippen LogP) is 2.07. The van der Waals surface area contributed by atoms with Crippen LogP contribution in [0.1, 0.15) is 53.9 Å². The molecule has 126 valence electrons. The Morgan fingerprint density at radius 2 is 1.73 bits per heavy atom. The standard InChI is InChI=1S/C18H30O4/c1-11(19)7-8-12-17(4)10-6-9-16(2,3)14(17)13(20)15(21)18(12,5)22/h7-8,12-15,20-22H,6,9-10H2,1-5H3/b8-7+/t12-,13-,14-,15+,17-,18+/m1/s1. The first-order valence-corrected chi connectivity index (χ1v) is 8.22. The number of rotatable bonds is 2. The molecule has 0 spiro atoms. The minimum absolute atomic E-state index is 0.0772. The van der Waals surface area contributed by atoms with Gasteiger partial charge in [0.05, 0.1) is 11.7 Å². The Kier molecular flexibility index (Phi) is 4.35. The number of allylic oxidation sites excluding steroid dienone is 1. The fraction of sp³-hybridized carbons (Fsp3) is 0.833. The second kappa shape index (κ2) is 5.43. The van der Waals surface area contributed by atoms with Gasteiger partial charge in [-0.05, 0) is 49.5 Å². The molecule has 0 aromatic carbocycles. The van der Waals surface area contributed by atoms with Crippen molar-refractivity contribution < 1.29 is 20.1 Å². The smallest absolute Gasteiger partial charge is 0.152 e. The fourth-order valence-corrected chi connectivity index (χ4v) is 5.36. The van der Waals surface area contributed by atoms with E-state index >= 15 is 0 Å². The van der Waals surface area contributed by atoms with Crippen molar-refractivity contribution in [3.05, 3.63) is 12.2 Å². The van der Waals surface area contributed by atoms with Crippen LogP contribution in [0, 0.1) is 22.7 Å². The van der Waals surface area contributed by atoms with Crippen LogP contribution in [-0.4, -0.2) is 38.9 Å². The molecule has 0 radical (unpaired) electrons. The van der Waals surface area contributed by atoms with E-state index in [0.29, 0.717) is 0 Å². The average molecular weight is 310 g/mol. The second-order valence-electron chi connectivity index (χ2n) is 8.43. The molecule has 2 aliphatic rings. The highest BCUT2D eigenvalue weighted by Gasteiger charge is 2.64. The zero-order valence-electron chi connectivity index (χ0n) is 14.3. The lowest BCUT2D eigenvalue weighted by Crippen LogP contribution is -2.69. The molecule has 3 N–H and O–H groups in total. The van der Waals surface area contributed by atoms with Crippen molar-refractivity contribution in [1.29, 1.82) is 0 Å². The Hall–Kier alpha value is -0.710. The molecule has 0 aromatic heterocycles. The van der Waals surface area contributed by atoms with E-state index < -0.39 is 17.8 Å². The number of carbonyl (C=O) groups excluding carboxylic acids is 1. The lowest BCUT2D eigenvalue weighted by molar-refractivity contribution is -0.255. The summed E-state index contributed by atoms with van der Waals surface area (Å²) in [6.07, 6.45) is 3.92. The number of aliphatic hydroxyl groups is 3. The maximum Gasteiger partial charge on any atom is 0.152 e. The lowest BCUT2D eigenvalue weighted by atomic mass is 9.44. The van der Waals surface area contributed by atoms with Gasteiger partial charge >= 0.3 is 0 Å². The van der Waals surface area contributed by atoms with Crippen LogP contribution < -0.4 is 0 Å². The van der Waals surface area contributed by atoms with Gasteiger partial charge in [-0.3, -0.25) is 4.79 Å². The van der Waals surface area contributed by atoms with E-state index in [1.807, 2.05) is 0 Å². The van der Waals surface area contributed by atoms with Gasteiger partial charge in [-0.1, -0.05) is 33.3 Å². The summed E-state index contributed by atoms with van der Waals surface area (Å²) in [5.74, 6) is -0.566. The van der Waals surface area contributed by atoms with E-state index in [1.54, 1.807) is 13.0 Å². The minimum Gasteiger partial charge on any atom is -0.390 e. The van der Waals surface area contributed by atoms with Crippen molar-refractivity contribution in [1.82, 2.24) is 0 Å². The average Bonchev–Trinajstić information content (AvgIpc) is 2.34. The highest BCUT2D eigenvalue weighted by molar-refractivity contribution is 5.87. The SMILES string of the molecule is CC(=O)/C=C/[C@H]1[C@](C)(O)[C@@H](O)[C@H](O)[C@@H]2C(C)(C)CCC[C@@]21C. The van der Waals surface area contributed by atoms with Crippen molar-refractivity contribution in [2.75, 3.05) is 0 Å². The van der Waals surface area contributed by atoms with E-state index in [2.05, 4.69) is 20.8 Å². The van der Waals surface area contributed by atoms with Gasteiger partial charge in [0.15, 0.2) is 5.78 Å². The maximum atomic E-state index is 11.4. The van der Waals surface area contributed by atoms with Gasteiger partial charge < -0.3 is 15.3 Å². The number of aliphatic hydroxyl groups excluding tert-OH is 2. The Balaban J connectivity index is 2.55. The van der Waals surface area contributed by atoms with Gasteiger partial charge in [-0.15, -0.1) is 0 Å². The van der Waals surface area contributed by atoms with E-state index in [0.717, 1.165) is 19.3 Å². The summed E-state index contributed by atoms with van der Waals surface area (Å²) in [5.41, 5.74) is -1.92. The third kappa shape index (κ3) is 2.55. The summed E-state index contributed by atoms with van der Waals surface area (Å²) >= 11 is 0. The van der Waals surface area contributed by atoms with Gasteiger partial charge in [-0.25, -0.2) is 0 Å². The number of ketones is 1. The molecule has 0 heterocycles. The summed E-state index contributed by atoms with van der Waals surface area (Å²) in [7, 11) is 0. The first-order valence-electron chi connectivity index (χ1n) is 8.22. The van der Waals surface area contributed by atoms with Crippen molar-refractivity contribution in [2.45, 2.75) is 71.7 Å². The van der Waals surface area contributed by atoms with Gasteiger partial charge in [0.1, 0.15) is 6.10 Å². The van der Waals surface area contributed by atoms with Crippen LogP contribution in [0.25, 0.3) is 0 Å². The summed E-state index contributed by atoms with van der Waals surface area (Å²) < 4.78 is 0. The van der Waals surface area contributed by atoms with Crippen LogP contribution in [-0.2, 0) is 4.79 Å². The van der Waals surface area contributed by atoms with Crippen molar-refractivity contribution in [2.24, 2.45) is 22.7 Å². The molecule has 0 aliphatic heterocycles. The Labute approximate surface area is 133 Å². The first-order chi connectivity index (χ1) is 9.94. The van der Waals surface area contributed by atoms with Crippen molar-refractivity contribution >= 4 is 5.78 Å². The van der Waals surface area contributed by atoms with Crippen molar-refractivity contribution in [3.8, 4) is 0 Å². The van der Waals surface area contributed by atoms with E-state index in [9.17, 15) is 20.1 Å². The van der Waals surface area contributed by atoms with Crippen LogP contribution >= 0.6 is 0 Å². The zero-order valence-corrected chi connectivity index (χ0v) is 14.3. The van der Waals surface area contributed by atoms with Crippen molar-refractivity contribution in [3.63, 3.8) is 0 Å². The molecule has 2 saturated carbocycles. The molecule has 0 unspecified atom stereocenters. The number of hydrogen-bond donors (Lipinski definition) is 3. The first kappa shape index (κ1) is 17.6. The van der Waals surface area contributed by atoms with E-state index in [4.69, 9.17) is 0 Å². The van der Waals surface area contributed by atoms with Crippen LogP contribution in [0.15, 0.2) is 12.2 Å². The predicted molar refractivity (Wildman–Crippen MR) is 85.2 cm³/mol. The quantitative estimate of drug-likeness (QED) is 0.682. The molecule has 4 nitrogen and oxygen atoms in total. The third-order valence-corrected chi connectivity index (χ3v) is 6.22. The molecule has 2 aliphatic carbocycles. The Bertz CT molecular complexity index is 479. The molecule has 2 rings (SSSR count). The number of fused-ring (bicyclic) bond motifs is 1. The van der Waals surface area contributed by atoms with Crippen LogP contribution in [0.5, 0.6) is 0 Å². The van der Waals surface area contributed by atoms with Crippen LogP contribution in [0.2, 0.25) is 0 Å². The minimum atomic E-state index is -1.45. The topological polar surface area (TPSA) is 77.8 Å². The summed E-state index contributed by atoms with van der Waals surface area (Å²) in [6.45, 7) is 9.37. The second-order valence-corrected chi connectivity index (χ2v) is 8.43. The molecule has 4 heteroatoms. The Morgan fingerprint density at radius 3 is 2.27 bits per heavy atom. The Morgan fingerprint density at radius 1 is 1.14 bits per heavy atom. The molecule has 0 bridgehead atoms. The zero-order chi connectivity index (χ0) is 16.9. The van der Waals surface area contributed by atoms with E-state index in [-0.39, 0.29) is 28.4 Å². The molecular formula is C18H30O4. The van der Waals surface area contributed by atoms with Gasteiger partial charge in [0.25, 0.3) is 0 Å². The highest BCUT2D eigenvalue weighted by Crippen LogP contribution is 2.62. The van der Waals surface area contributed by atoms with Crippen LogP contribution in [0.4, 0.5) is 0 Å². The molecule has 6 atom stereocenters. The maximum absolute atomic E-state index is 11.4. The molecule has 0 amide bonds. The van der Waals surface area contributed by atoms with Crippen LogP contribution in [0.3, 0.4) is 0 Å². The number of hydrogen-bond acceptors (Lipinski definition) is 4. The van der Waals surface area contributed by atoms with Gasteiger partial charge in [0.2, 0.25) is 0 Å². The van der Waals surface area contributed by atoms with Gasteiger partial charge in [-0.2, -0.15) is 0 Å². The molecule has 22 heavy (non-hydrogen) atoms. The molecule has 0 aromatic rings. The molecular weight excluding hydrogens is 280 g/mol. The van der Waals surface area contributed by atoms with E-state index in [1.165, 1.54) is 13.0 Å². The summed E-state index contributed by atoms with van der Waals surface area (Å²) in [5, 5.41) is 32.1. The summed E-state index contributed by atoms with van der Waals surface area (Å²) in [6, 6.07) is 0. The lowest BCUT2D eigenvalue weighted by Gasteiger charge is -2.63. The summed E-state index contributed by atoms with van der Waals surface area (Å²) in [4.78, 5) is 11.4. The monoisotopic (exact) mass is 310 g/mol. The molecule has 0 saturated heterocycles. The number of carbonyl (C=O) groups is 1. The largest absolute Gasteiger partial charge is 0.390 e. The van der Waals surface area contributed by atoms with Gasteiger partial charge in [0, 0.05) is 5.92 Å². The fourth-order valence-electron chi connectivity index (χ4n) is 5.36. The molecule has 2 fully saturated rings. The third-order valence-electron chi connectivity index (χ3n) is 6.22. The highest BCUT2D eigenvalue weighted by atomic mass is 16.4. The normalized spacial score (nSPS) is 48.2.